The molecule has 1 atom stereocenters. The van der Waals surface area contributed by atoms with Crippen molar-refractivity contribution in [2.75, 3.05) is 18.0 Å². The number of hydrogen-bond acceptors (Lipinski definition) is 5. The molecule has 0 saturated heterocycles. The molecule has 0 spiro atoms. The predicted molar refractivity (Wildman–Crippen MR) is 153 cm³/mol. The molecule has 1 unspecified atom stereocenters. The molecule has 3 aromatic carbocycles. The largest absolute Gasteiger partial charge is 0.497 e. The summed E-state index contributed by atoms with van der Waals surface area (Å²) in [5, 5.41) is 2.97. The molecule has 0 heterocycles. The minimum Gasteiger partial charge on any atom is -0.497 e. The van der Waals surface area contributed by atoms with Crippen molar-refractivity contribution in [3.8, 4) is 5.75 Å². The van der Waals surface area contributed by atoms with Gasteiger partial charge >= 0.3 is 0 Å². The first-order chi connectivity index (χ1) is 18.5. The number of anilines is 1. The summed E-state index contributed by atoms with van der Waals surface area (Å²) < 4.78 is 33.9. The molecule has 9 heteroatoms. The molecular weight excluding hydrogens is 514 g/mol. The molecule has 2 amide bonds. The van der Waals surface area contributed by atoms with Gasteiger partial charge in [0.1, 0.15) is 18.3 Å². The van der Waals surface area contributed by atoms with Gasteiger partial charge in [0.05, 0.1) is 17.7 Å². The maximum Gasteiger partial charge on any atom is 0.264 e. The minimum absolute atomic E-state index is 0.0204. The second-order valence-corrected chi connectivity index (χ2v) is 12.1. The Hall–Kier alpha value is -3.85. The van der Waals surface area contributed by atoms with Crippen LogP contribution < -0.4 is 14.4 Å². The number of benzene rings is 3. The highest BCUT2D eigenvalue weighted by molar-refractivity contribution is 7.92. The smallest absolute Gasteiger partial charge is 0.264 e. The summed E-state index contributed by atoms with van der Waals surface area (Å²) in [7, 11) is -2.63. The first-order valence-electron chi connectivity index (χ1n) is 12.8. The minimum atomic E-state index is -4.13. The average molecular weight is 552 g/mol. The summed E-state index contributed by atoms with van der Waals surface area (Å²) in [6, 6.07) is 23.0. The van der Waals surface area contributed by atoms with Crippen LogP contribution in [0.5, 0.6) is 5.75 Å². The molecule has 0 aromatic heterocycles. The maximum absolute atomic E-state index is 14.0. The van der Waals surface area contributed by atoms with Crippen LogP contribution in [0.25, 0.3) is 0 Å². The maximum atomic E-state index is 14.0. The molecule has 0 fully saturated rings. The number of nitrogens with zero attached hydrogens (tertiary/aromatic N) is 2. The Balaban J connectivity index is 2.03. The molecule has 3 aromatic rings. The van der Waals surface area contributed by atoms with Crippen molar-refractivity contribution in [3.05, 3.63) is 90.5 Å². The van der Waals surface area contributed by atoms with Gasteiger partial charge in [-0.2, -0.15) is 0 Å². The average Bonchev–Trinajstić information content (AvgIpc) is 2.91. The van der Waals surface area contributed by atoms with E-state index < -0.39 is 34.1 Å². The number of nitrogens with one attached hydrogen (secondary N) is 1. The number of amides is 2. The van der Waals surface area contributed by atoms with Gasteiger partial charge in [0.15, 0.2) is 0 Å². The predicted octanol–water partition coefficient (Wildman–Crippen LogP) is 4.61. The molecule has 208 valence electrons. The van der Waals surface area contributed by atoms with Gasteiger partial charge in [0.2, 0.25) is 11.8 Å². The lowest BCUT2D eigenvalue weighted by Gasteiger charge is -2.34. The highest BCUT2D eigenvalue weighted by atomic mass is 32.2. The van der Waals surface area contributed by atoms with Crippen LogP contribution in [0.1, 0.15) is 39.7 Å². The second-order valence-electron chi connectivity index (χ2n) is 10.2. The molecule has 0 aliphatic heterocycles. The first kappa shape index (κ1) is 29.7. The van der Waals surface area contributed by atoms with Crippen LogP contribution >= 0.6 is 0 Å². The fourth-order valence-electron chi connectivity index (χ4n) is 4.15. The molecule has 0 radical (unpaired) electrons. The zero-order valence-corrected chi connectivity index (χ0v) is 23.9. The molecule has 8 nitrogen and oxygen atoms in total. The Morgan fingerprint density at radius 3 is 1.97 bits per heavy atom. The monoisotopic (exact) mass is 551 g/mol. The summed E-state index contributed by atoms with van der Waals surface area (Å²) >= 11 is 0. The van der Waals surface area contributed by atoms with Gasteiger partial charge < -0.3 is 15.0 Å². The number of methoxy groups -OCH3 is 1. The first-order valence-corrected chi connectivity index (χ1v) is 14.3. The molecule has 1 N–H and O–H groups in total. The lowest BCUT2D eigenvalue weighted by molar-refractivity contribution is -0.141. The molecule has 39 heavy (non-hydrogen) atoms. The van der Waals surface area contributed by atoms with E-state index in [0.717, 1.165) is 9.87 Å². The summed E-state index contributed by atoms with van der Waals surface area (Å²) in [4.78, 5) is 28.8. The summed E-state index contributed by atoms with van der Waals surface area (Å²) in [6.07, 6.45) is 0.358. The van der Waals surface area contributed by atoms with Gasteiger partial charge in [0, 0.05) is 12.1 Å². The van der Waals surface area contributed by atoms with Crippen molar-refractivity contribution in [1.29, 1.82) is 0 Å². The van der Waals surface area contributed by atoms with E-state index in [4.69, 9.17) is 4.74 Å². The number of rotatable bonds is 11. The fourth-order valence-corrected chi connectivity index (χ4v) is 5.56. The molecule has 3 rings (SSSR count). The number of hydrogen-bond donors (Lipinski definition) is 1. The topological polar surface area (TPSA) is 96.0 Å². The van der Waals surface area contributed by atoms with E-state index in [1.807, 2.05) is 58.0 Å². The second kappa shape index (κ2) is 12.8. The SMILES string of the molecule is CCC(C(=O)NC(C)(C)C)N(Cc1ccccc1)C(=O)CN(c1ccccc1)S(=O)(=O)c1ccc(OC)cc1. The third-order valence-electron chi connectivity index (χ3n) is 6.05. The highest BCUT2D eigenvalue weighted by Gasteiger charge is 2.34. The van der Waals surface area contributed by atoms with Gasteiger partial charge in [0.25, 0.3) is 10.0 Å². The van der Waals surface area contributed by atoms with Gasteiger partial charge in [-0.15, -0.1) is 0 Å². The van der Waals surface area contributed by atoms with Gasteiger partial charge in [-0.1, -0.05) is 55.5 Å². The quantitative estimate of drug-likeness (QED) is 0.375. The molecule has 0 bridgehead atoms. The van der Waals surface area contributed by atoms with E-state index >= 15 is 0 Å². The number of ether oxygens (including phenoxy) is 1. The number of carbonyl (C=O) groups excluding carboxylic acids is 2. The van der Waals surface area contributed by atoms with Crippen molar-refractivity contribution < 1.29 is 22.7 Å². The summed E-state index contributed by atoms with van der Waals surface area (Å²) in [5.74, 6) is -0.268. The molecule has 0 aliphatic carbocycles. The number of para-hydroxylation sites is 1. The van der Waals surface area contributed by atoms with Crippen LogP contribution in [0.3, 0.4) is 0 Å². The van der Waals surface area contributed by atoms with Crippen LogP contribution in [0.4, 0.5) is 5.69 Å². The zero-order valence-electron chi connectivity index (χ0n) is 23.1. The van der Waals surface area contributed by atoms with Crippen molar-refractivity contribution in [2.45, 2.75) is 57.1 Å². The van der Waals surface area contributed by atoms with Crippen molar-refractivity contribution >= 4 is 27.5 Å². The Morgan fingerprint density at radius 2 is 1.46 bits per heavy atom. The fraction of sp³-hybridized carbons (Fsp3) is 0.333. The zero-order chi connectivity index (χ0) is 28.6. The lowest BCUT2D eigenvalue weighted by Crippen LogP contribution is -2.55. The van der Waals surface area contributed by atoms with E-state index in [1.54, 1.807) is 42.5 Å². The van der Waals surface area contributed by atoms with E-state index in [-0.39, 0.29) is 17.3 Å². The van der Waals surface area contributed by atoms with Crippen LogP contribution in [-0.2, 0) is 26.2 Å². The van der Waals surface area contributed by atoms with E-state index in [9.17, 15) is 18.0 Å². The Labute approximate surface area is 231 Å². The Morgan fingerprint density at radius 1 is 0.897 bits per heavy atom. The number of carbonyl (C=O) groups is 2. The standard InChI is InChI=1S/C30H37N3O5S/c1-6-27(29(35)31-30(2,3)4)32(21-23-13-9-7-10-14-23)28(34)22-33(24-15-11-8-12-16-24)39(36,37)26-19-17-25(38-5)18-20-26/h7-20,27H,6,21-22H2,1-5H3,(H,31,35). The van der Waals surface area contributed by atoms with E-state index in [1.165, 1.54) is 24.1 Å². The van der Waals surface area contributed by atoms with Crippen molar-refractivity contribution in [1.82, 2.24) is 10.2 Å². The number of sulfonamides is 1. The van der Waals surface area contributed by atoms with E-state index in [0.29, 0.717) is 17.9 Å². The van der Waals surface area contributed by atoms with Crippen LogP contribution in [0.2, 0.25) is 0 Å². The third kappa shape index (κ3) is 7.83. The Bertz CT molecular complexity index is 1340. The van der Waals surface area contributed by atoms with Gasteiger partial charge in [-0.05, 0) is 69.2 Å². The third-order valence-corrected chi connectivity index (χ3v) is 7.84. The van der Waals surface area contributed by atoms with Crippen molar-refractivity contribution in [3.63, 3.8) is 0 Å². The molecule has 0 aliphatic rings. The van der Waals surface area contributed by atoms with Crippen LogP contribution in [0, 0.1) is 0 Å². The summed E-state index contributed by atoms with van der Waals surface area (Å²) in [5.41, 5.74) is 0.672. The normalized spacial score (nSPS) is 12.3. The van der Waals surface area contributed by atoms with Crippen LogP contribution in [-0.4, -0.2) is 50.4 Å². The van der Waals surface area contributed by atoms with E-state index in [2.05, 4.69) is 5.32 Å². The lowest BCUT2D eigenvalue weighted by atomic mass is 10.1. The molecule has 0 saturated carbocycles. The van der Waals surface area contributed by atoms with Crippen molar-refractivity contribution in [2.24, 2.45) is 0 Å². The summed E-state index contributed by atoms with van der Waals surface area (Å²) in [6.45, 7) is 7.13. The van der Waals surface area contributed by atoms with Gasteiger partial charge in [-0.3, -0.25) is 13.9 Å². The highest BCUT2D eigenvalue weighted by Crippen LogP contribution is 2.26. The van der Waals surface area contributed by atoms with Gasteiger partial charge in [-0.25, -0.2) is 8.42 Å². The van der Waals surface area contributed by atoms with Crippen LogP contribution in [0.15, 0.2) is 89.8 Å². The molecular formula is C30H37N3O5S. The Kier molecular flexibility index (Phi) is 9.75.